The van der Waals surface area contributed by atoms with E-state index < -0.39 is 0 Å². The van der Waals surface area contributed by atoms with Crippen molar-refractivity contribution in [2.45, 2.75) is 39.4 Å². The Balaban J connectivity index is 1.56. The number of aryl methyl sites for hydroxylation is 1. The summed E-state index contributed by atoms with van der Waals surface area (Å²) in [6, 6.07) is 21.8. The molecule has 6 heteroatoms. The number of nitrogens with one attached hydrogen (secondary N) is 1. The molecule has 0 atom stereocenters. The minimum atomic E-state index is -0.194. The normalized spacial score (nSPS) is 10.5. The van der Waals surface area contributed by atoms with Crippen molar-refractivity contribution in [3.05, 3.63) is 101 Å². The number of amides is 3. The summed E-state index contributed by atoms with van der Waals surface area (Å²) in [6.45, 7) is 3.92. The van der Waals surface area contributed by atoms with Gasteiger partial charge < -0.3 is 15.1 Å². The zero-order valence-corrected chi connectivity index (χ0v) is 19.4. The molecule has 2 aromatic carbocycles. The maximum Gasteiger partial charge on any atom is 0.317 e. The molecule has 3 aromatic rings. The van der Waals surface area contributed by atoms with Crippen LogP contribution in [0.25, 0.3) is 0 Å². The van der Waals surface area contributed by atoms with Crippen LogP contribution in [0.3, 0.4) is 0 Å². The summed E-state index contributed by atoms with van der Waals surface area (Å²) in [4.78, 5) is 33.1. The van der Waals surface area contributed by atoms with Gasteiger partial charge in [0.1, 0.15) is 0 Å². The molecule has 3 amide bonds. The molecule has 1 heterocycles. The van der Waals surface area contributed by atoms with Crippen molar-refractivity contribution < 1.29 is 9.59 Å². The number of carbonyl (C=O) groups is 2. The molecule has 0 fully saturated rings. The number of benzene rings is 2. The van der Waals surface area contributed by atoms with E-state index in [0.717, 1.165) is 23.1 Å². The third-order valence-electron chi connectivity index (χ3n) is 5.48. The van der Waals surface area contributed by atoms with Crippen LogP contribution in [0.5, 0.6) is 0 Å². The van der Waals surface area contributed by atoms with Gasteiger partial charge in [-0.2, -0.15) is 0 Å². The summed E-state index contributed by atoms with van der Waals surface area (Å²) in [6.07, 6.45) is 4.72. The molecule has 0 unspecified atom stereocenters. The second-order valence-corrected chi connectivity index (χ2v) is 8.10. The van der Waals surface area contributed by atoms with Gasteiger partial charge in [-0.3, -0.25) is 9.78 Å². The fourth-order valence-electron chi connectivity index (χ4n) is 3.54. The molecular formula is C27H32N4O2. The number of pyridine rings is 1. The Bertz CT molecular complexity index is 1010. The van der Waals surface area contributed by atoms with Crippen molar-refractivity contribution in [1.82, 2.24) is 20.1 Å². The van der Waals surface area contributed by atoms with Gasteiger partial charge in [0.05, 0.1) is 0 Å². The second kappa shape index (κ2) is 12.4. The first kappa shape index (κ1) is 24.0. The molecule has 0 bridgehead atoms. The first-order valence-corrected chi connectivity index (χ1v) is 11.3. The largest absolute Gasteiger partial charge is 0.337 e. The Hall–Kier alpha value is -3.67. The van der Waals surface area contributed by atoms with Gasteiger partial charge in [0, 0.05) is 52.0 Å². The second-order valence-electron chi connectivity index (χ2n) is 8.10. The Morgan fingerprint density at radius 2 is 1.45 bits per heavy atom. The van der Waals surface area contributed by atoms with Gasteiger partial charge in [-0.15, -0.1) is 0 Å². The Morgan fingerprint density at radius 3 is 2.12 bits per heavy atom. The molecule has 0 aliphatic heterocycles. The van der Waals surface area contributed by atoms with Gasteiger partial charge >= 0.3 is 6.03 Å². The van der Waals surface area contributed by atoms with E-state index in [9.17, 15) is 9.59 Å². The molecule has 1 aromatic heterocycles. The molecule has 0 saturated heterocycles. The molecule has 0 spiro atoms. The fraction of sp³-hybridized carbons (Fsp3) is 0.296. The Labute approximate surface area is 196 Å². The van der Waals surface area contributed by atoms with Crippen LogP contribution in [0.1, 0.15) is 35.6 Å². The van der Waals surface area contributed by atoms with E-state index in [2.05, 4.69) is 41.5 Å². The van der Waals surface area contributed by atoms with Crippen molar-refractivity contribution in [1.29, 1.82) is 0 Å². The van der Waals surface area contributed by atoms with Gasteiger partial charge in [-0.1, -0.05) is 67.6 Å². The number of urea groups is 1. The van der Waals surface area contributed by atoms with E-state index in [-0.39, 0.29) is 24.9 Å². The maximum absolute atomic E-state index is 13.1. The van der Waals surface area contributed by atoms with Crippen LogP contribution in [0.15, 0.2) is 79.1 Å². The van der Waals surface area contributed by atoms with Crippen molar-refractivity contribution in [3.63, 3.8) is 0 Å². The summed E-state index contributed by atoms with van der Waals surface area (Å²) in [5.74, 6) is -0.00978. The topological polar surface area (TPSA) is 65.5 Å². The average molecular weight is 445 g/mol. The standard InChI is InChI=1S/C27H32N4O2/c1-3-22-11-13-24(14-12-22)20-31(21-25-10-7-16-28-18-25)26(32)15-17-29-27(33)30(2)19-23-8-5-4-6-9-23/h4-14,16,18H,3,15,17,19-21H2,1-2H3,(H,29,33). The van der Waals surface area contributed by atoms with Gasteiger partial charge in [0.25, 0.3) is 0 Å². The van der Waals surface area contributed by atoms with E-state index in [1.165, 1.54) is 5.56 Å². The molecular weight excluding hydrogens is 412 g/mol. The third-order valence-corrected chi connectivity index (χ3v) is 5.48. The summed E-state index contributed by atoms with van der Waals surface area (Å²) in [7, 11) is 1.75. The number of nitrogens with zero attached hydrogens (tertiary/aromatic N) is 3. The van der Waals surface area contributed by atoms with E-state index in [4.69, 9.17) is 0 Å². The minimum absolute atomic E-state index is 0.00978. The lowest BCUT2D eigenvalue weighted by Gasteiger charge is -2.24. The van der Waals surface area contributed by atoms with Gasteiger partial charge in [0.2, 0.25) is 5.91 Å². The highest BCUT2D eigenvalue weighted by atomic mass is 16.2. The number of aromatic nitrogens is 1. The van der Waals surface area contributed by atoms with Crippen molar-refractivity contribution in [3.8, 4) is 0 Å². The zero-order valence-electron chi connectivity index (χ0n) is 19.4. The van der Waals surface area contributed by atoms with Crippen LogP contribution in [-0.2, 0) is 30.8 Å². The Morgan fingerprint density at radius 1 is 0.818 bits per heavy atom. The van der Waals surface area contributed by atoms with Gasteiger partial charge in [-0.05, 0) is 34.7 Å². The number of hydrogen-bond acceptors (Lipinski definition) is 3. The first-order chi connectivity index (χ1) is 16.0. The molecule has 33 heavy (non-hydrogen) atoms. The van der Waals surface area contributed by atoms with Crippen LogP contribution in [0, 0.1) is 0 Å². The summed E-state index contributed by atoms with van der Waals surface area (Å²) in [5.41, 5.74) is 4.38. The smallest absolute Gasteiger partial charge is 0.317 e. The zero-order chi connectivity index (χ0) is 23.5. The lowest BCUT2D eigenvalue weighted by molar-refractivity contribution is -0.132. The summed E-state index contributed by atoms with van der Waals surface area (Å²) >= 11 is 0. The predicted octanol–water partition coefficient (Wildman–Crippen LogP) is 4.40. The van der Waals surface area contributed by atoms with Crippen LogP contribution in [0.2, 0.25) is 0 Å². The van der Waals surface area contributed by atoms with E-state index in [1.54, 1.807) is 24.3 Å². The highest BCUT2D eigenvalue weighted by Gasteiger charge is 2.16. The first-order valence-electron chi connectivity index (χ1n) is 11.3. The number of carbonyl (C=O) groups excluding carboxylic acids is 2. The highest BCUT2D eigenvalue weighted by molar-refractivity contribution is 5.78. The molecule has 0 aliphatic rings. The quantitative estimate of drug-likeness (QED) is 0.504. The number of hydrogen-bond donors (Lipinski definition) is 1. The van der Waals surface area contributed by atoms with E-state index in [1.807, 2.05) is 47.4 Å². The van der Waals surface area contributed by atoms with E-state index >= 15 is 0 Å². The van der Waals surface area contributed by atoms with Crippen molar-refractivity contribution in [2.75, 3.05) is 13.6 Å². The fourth-order valence-corrected chi connectivity index (χ4v) is 3.54. The molecule has 3 rings (SSSR count). The highest BCUT2D eigenvalue weighted by Crippen LogP contribution is 2.13. The monoisotopic (exact) mass is 444 g/mol. The molecule has 0 aliphatic carbocycles. The lowest BCUT2D eigenvalue weighted by atomic mass is 10.1. The van der Waals surface area contributed by atoms with E-state index in [0.29, 0.717) is 19.6 Å². The van der Waals surface area contributed by atoms with Crippen LogP contribution >= 0.6 is 0 Å². The average Bonchev–Trinajstić information content (AvgIpc) is 2.85. The molecule has 1 N–H and O–H groups in total. The summed E-state index contributed by atoms with van der Waals surface area (Å²) < 4.78 is 0. The minimum Gasteiger partial charge on any atom is -0.337 e. The van der Waals surface area contributed by atoms with Crippen molar-refractivity contribution in [2.24, 2.45) is 0 Å². The van der Waals surface area contributed by atoms with Crippen molar-refractivity contribution >= 4 is 11.9 Å². The molecule has 0 saturated carbocycles. The van der Waals surface area contributed by atoms with Crippen LogP contribution < -0.4 is 5.32 Å². The molecule has 6 nitrogen and oxygen atoms in total. The lowest BCUT2D eigenvalue weighted by Crippen LogP contribution is -2.39. The number of rotatable bonds is 10. The third kappa shape index (κ3) is 7.75. The van der Waals surface area contributed by atoms with Crippen LogP contribution in [-0.4, -0.2) is 40.3 Å². The summed E-state index contributed by atoms with van der Waals surface area (Å²) in [5, 5.41) is 2.86. The Kier molecular flexibility index (Phi) is 9.00. The maximum atomic E-state index is 13.1. The van der Waals surface area contributed by atoms with Gasteiger partial charge in [0.15, 0.2) is 0 Å². The molecule has 0 radical (unpaired) electrons. The predicted molar refractivity (Wildman–Crippen MR) is 130 cm³/mol. The SMILES string of the molecule is CCc1ccc(CN(Cc2cccnc2)C(=O)CCNC(=O)N(C)Cc2ccccc2)cc1. The van der Waals surface area contributed by atoms with Gasteiger partial charge in [-0.25, -0.2) is 4.79 Å². The van der Waals surface area contributed by atoms with Crippen LogP contribution in [0.4, 0.5) is 4.79 Å². The molecule has 172 valence electrons.